The molecule has 1 amide bonds. The minimum absolute atomic E-state index is 0.296. The van der Waals surface area contributed by atoms with E-state index in [-0.39, 0.29) is 5.91 Å². The van der Waals surface area contributed by atoms with Gasteiger partial charge >= 0.3 is 5.63 Å². The van der Waals surface area contributed by atoms with E-state index in [1.165, 1.54) is 0 Å². The second kappa shape index (κ2) is 7.32. The highest BCUT2D eigenvalue weighted by Crippen LogP contribution is 2.22. The molecule has 0 fully saturated rings. The second-order valence-corrected chi connectivity index (χ2v) is 7.13. The van der Waals surface area contributed by atoms with Crippen LogP contribution in [0, 0.1) is 3.57 Å². The molecule has 0 aliphatic carbocycles. The summed E-state index contributed by atoms with van der Waals surface area (Å²) in [6.07, 6.45) is 1.67. The van der Waals surface area contributed by atoms with Crippen LogP contribution in [-0.4, -0.2) is 10.9 Å². The maximum absolute atomic E-state index is 12.5. The van der Waals surface area contributed by atoms with Crippen molar-refractivity contribution >= 4 is 45.3 Å². The fraction of sp³-hybridized carbons (Fsp3) is 0. The summed E-state index contributed by atoms with van der Waals surface area (Å²) in [7, 11) is 0. The molecule has 0 unspecified atom stereocenters. The van der Waals surface area contributed by atoms with E-state index in [0.717, 1.165) is 8.96 Å². The maximum Gasteiger partial charge on any atom is 0.344 e. The van der Waals surface area contributed by atoms with Crippen LogP contribution in [0.4, 0.5) is 5.82 Å². The van der Waals surface area contributed by atoms with Crippen molar-refractivity contribution in [3.8, 4) is 11.1 Å². The molecular formula is C21H13IN2O3. The van der Waals surface area contributed by atoms with Gasteiger partial charge in [-0.05, 0) is 64.6 Å². The molecule has 2 heterocycles. The van der Waals surface area contributed by atoms with E-state index >= 15 is 0 Å². The second-order valence-electron chi connectivity index (χ2n) is 5.88. The molecule has 0 aliphatic rings. The fourth-order valence-electron chi connectivity index (χ4n) is 2.73. The van der Waals surface area contributed by atoms with Crippen molar-refractivity contribution in [3.05, 3.63) is 92.5 Å². The molecule has 0 saturated heterocycles. The topological polar surface area (TPSA) is 72.2 Å². The third kappa shape index (κ3) is 3.75. The Bertz CT molecular complexity index is 1200. The first-order chi connectivity index (χ1) is 13.1. The van der Waals surface area contributed by atoms with Crippen molar-refractivity contribution in [3.63, 3.8) is 0 Å². The number of nitrogens with zero attached hydrogens (tertiary/aromatic N) is 1. The first-order valence-electron chi connectivity index (χ1n) is 8.16. The van der Waals surface area contributed by atoms with Gasteiger partial charge in [-0.25, -0.2) is 9.78 Å². The van der Waals surface area contributed by atoms with Crippen molar-refractivity contribution in [2.24, 2.45) is 0 Å². The number of halogens is 1. The number of fused-ring (bicyclic) bond motifs is 1. The zero-order valence-corrected chi connectivity index (χ0v) is 16.1. The number of hydrogen-bond donors (Lipinski definition) is 1. The Morgan fingerprint density at radius 3 is 2.67 bits per heavy atom. The third-order valence-corrected chi connectivity index (χ3v) is 4.68. The van der Waals surface area contributed by atoms with Gasteiger partial charge in [0.1, 0.15) is 11.4 Å². The highest BCUT2D eigenvalue weighted by molar-refractivity contribution is 14.1. The molecule has 2 aromatic heterocycles. The molecule has 4 aromatic rings. The van der Waals surface area contributed by atoms with Crippen LogP contribution in [-0.2, 0) is 0 Å². The van der Waals surface area contributed by atoms with Crippen LogP contribution in [0.2, 0.25) is 0 Å². The van der Waals surface area contributed by atoms with Crippen molar-refractivity contribution < 1.29 is 9.21 Å². The SMILES string of the molecule is O=C(Nc1ccc(I)cn1)c1cccc(-c2cc3ccccc3oc2=O)c1. The normalized spacial score (nSPS) is 10.7. The van der Waals surface area contributed by atoms with Gasteiger partial charge in [-0.2, -0.15) is 0 Å². The lowest BCUT2D eigenvalue weighted by Gasteiger charge is -2.07. The standard InChI is InChI=1S/C21H13IN2O3/c22-16-8-9-19(23-12-16)24-20(25)15-6-3-5-13(10-15)17-11-14-4-1-2-7-18(14)27-21(17)26/h1-12H,(H,23,24,25). The molecule has 0 aliphatic heterocycles. The van der Waals surface area contributed by atoms with E-state index in [9.17, 15) is 9.59 Å². The zero-order valence-electron chi connectivity index (χ0n) is 14.0. The van der Waals surface area contributed by atoms with Crippen LogP contribution >= 0.6 is 22.6 Å². The number of carbonyl (C=O) groups excluding carboxylic acids is 1. The summed E-state index contributed by atoms with van der Waals surface area (Å²) in [5.41, 5.74) is 1.56. The van der Waals surface area contributed by atoms with Crippen LogP contribution < -0.4 is 10.9 Å². The number of amides is 1. The van der Waals surface area contributed by atoms with Gasteiger partial charge in [0, 0.05) is 20.7 Å². The Morgan fingerprint density at radius 2 is 1.85 bits per heavy atom. The summed E-state index contributed by atoms with van der Waals surface area (Å²) in [5.74, 6) is 0.173. The lowest BCUT2D eigenvalue weighted by Crippen LogP contribution is -2.13. The van der Waals surface area contributed by atoms with Gasteiger partial charge in [0.2, 0.25) is 0 Å². The molecule has 0 atom stereocenters. The smallest absolute Gasteiger partial charge is 0.344 e. The maximum atomic E-state index is 12.5. The summed E-state index contributed by atoms with van der Waals surface area (Å²) in [6.45, 7) is 0. The number of nitrogens with one attached hydrogen (secondary N) is 1. The summed E-state index contributed by atoms with van der Waals surface area (Å²) in [4.78, 5) is 29.1. The first-order valence-corrected chi connectivity index (χ1v) is 9.24. The van der Waals surface area contributed by atoms with Gasteiger partial charge < -0.3 is 9.73 Å². The molecule has 0 spiro atoms. The van der Waals surface area contributed by atoms with E-state index in [2.05, 4.69) is 32.9 Å². The Labute approximate surface area is 168 Å². The number of benzene rings is 2. The molecule has 4 rings (SSSR count). The minimum Gasteiger partial charge on any atom is -0.422 e. The largest absolute Gasteiger partial charge is 0.422 e. The van der Waals surface area contributed by atoms with E-state index in [1.807, 2.05) is 24.3 Å². The Kier molecular flexibility index (Phi) is 4.72. The molecule has 5 nitrogen and oxygen atoms in total. The van der Waals surface area contributed by atoms with Gasteiger partial charge in [-0.15, -0.1) is 0 Å². The number of anilines is 1. The lowest BCUT2D eigenvalue weighted by molar-refractivity contribution is 0.102. The molecule has 132 valence electrons. The molecule has 0 saturated carbocycles. The van der Waals surface area contributed by atoms with Gasteiger partial charge in [0.15, 0.2) is 0 Å². The monoisotopic (exact) mass is 468 g/mol. The van der Waals surface area contributed by atoms with Crippen molar-refractivity contribution in [1.29, 1.82) is 0 Å². The number of para-hydroxylation sites is 1. The first kappa shape index (κ1) is 17.4. The Morgan fingerprint density at radius 1 is 1.00 bits per heavy atom. The van der Waals surface area contributed by atoms with Gasteiger partial charge in [-0.3, -0.25) is 4.79 Å². The van der Waals surface area contributed by atoms with E-state index < -0.39 is 5.63 Å². The summed E-state index contributed by atoms with van der Waals surface area (Å²) in [6, 6.07) is 19.6. The van der Waals surface area contributed by atoms with Crippen LogP contribution in [0.15, 0.2) is 82.1 Å². The van der Waals surface area contributed by atoms with Crippen molar-refractivity contribution in [2.45, 2.75) is 0 Å². The third-order valence-electron chi connectivity index (χ3n) is 4.05. The minimum atomic E-state index is -0.439. The summed E-state index contributed by atoms with van der Waals surface area (Å²) in [5, 5.41) is 3.58. The van der Waals surface area contributed by atoms with Gasteiger partial charge in [-0.1, -0.05) is 30.3 Å². The molecular weight excluding hydrogens is 455 g/mol. The number of carbonyl (C=O) groups is 1. The fourth-order valence-corrected chi connectivity index (χ4v) is 3.05. The molecule has 27 heavy (non-hydrogen) atoms. The molecule has 0 bridgehead atoms. The van der Waals surface area contributed by atoms with Crippen LogP contribution in [0.25, 0.3) is 22.1 Å². The average molecular weight is 468 g/mol. The van der Waals surface area contributed by atoms with Gasteiger partial charge in [0.05, 0.1) is 5.56 Å². The summed E-state index contributed by atoms with van der Waals surface area (Å²) >= 11 is 2.15. The Hall–Kier alpha value is -3.00. The van der Waals surface area contributed by atoms with Crippen molar-refractivity contribution in [1.82, 2.24) is 4.98 Å². The number of rotatable bonds is 3. The number of hydrogen-bond acceptors (Lipinski definition) is 4. The van der Waals surface area contributed by atoms with E-state index in [1.54, 1.807) is 48.7 Å². The van der Waals surface area contributed by atoms with E-state index in [4.69, 9.17) is 4.42 Å². The number of pyridine rings is 1. The number of aromatic nitrogens is 1. The zero-order chi connectivity index (χ0) is 18.8. The lowest BCUT2D eigenvalue weighted by atomic mass is 10.0. The van der Waals surface area contributed by atoms with Crippen LogP contribution in [0.1, 0.15) is 10.4 Å². The van der Waals surface area contributed by atoms with E-state index in [0.29, 0.717) is 28.1 Å². The quantitative estimate of drug-likeness (QED) is 0.349. The molecule has 6 heteroatoms. The van der Waals surface area contributed by atoms with Crippen LogP contribution in [0.3, 0.4) is 0 Å². The van der Waals surface area contributed by atoms with Crippen LogP contribution in [0.5, 0.6) is 0 Å². The summed E-state index contributed by atoms with van der Waals surface area (Å²) < 4.78 is 6.37. The molecule has 0 radical (unpaired) electrons. The highest BCUT2D eigenvalue weighted by Gasteiger charge is 2.12. The highest BCUT2D eigenvalue weighted by atomic mass is 127. The molecule has 1 N–H and O–H groups in total. The molecule has 2 aromatic carbocycles. The predicted molar refractivity (Wildman–Crippen MR) is 113 cm³/mol. The predicted octanol–water partition coefficient (Wildman–Crippen LogP) is 4.71. The average Bonchev–Trinajstić information content (AvgIpc) is 2.69. The van der Waals surface area contributed by atoms with Gasteiger partial charge in [0.25, 0.3) is 5.91 Å². The van der Waals surface area contributed by atoms with Crippen molar-refractivity contribution in [2.75, 3.05) is 5.32 Å². The Balaban J connectivity index is 1.68.